The largest absolute Gasteiger partial charge is 0.369 e. The number of hydrogen-bond acceptors (Lipinski definition) is 3. The molecule has 0 saturated heterocycles. The molecule has 2 aromatic carbocycles. The van der Waals surface area contributed by atoms with E-state index < -0.39 is 0 Å². The zero-order chi connectivity index (χ0) is 17.6. The molecular weight excluding hydrogens is 310 g/mol. The molecule has 0 unspecified atom stereocenters. The van der Waals surface area contributed by atoms with E-state index in [9.17, 15) is 4.79 Å². The molecule has 0 atom stereocenters. The molecule has 0 bridgehead atoms. The number of pyridine rings is 1. The van der Waals surface area contributed by atoms with E-state index in [-0.39, 0.29) is 5.91 Å². The number of hydrogen-bond donors (Lipinski definition) is 0. The highest BCUT2D eigenvalue weighted by atomic mass is 16.2. The van der Waals surface area contributed by atoms with Gasteiger partial charge < -0.3 is 9.80 Å². The highest BCUT2D eigenvalue weighted by Crippen LogP contribution is 2.19. The number of rotatable bonds is 5. The van der Waals surface area contributed by atoms with Crippen LogP contribution in [0.2, 0.25) is 0 Å². The van der Waals surface area contributed by atoms with E-state index in [1.54, 1.807) is 24.3 Å². The lowest BCUT2D eigenvalue weighted by molar-refractivity contribution is 0.0992. The summed E-state index contributed by atoms with van der Waals surface area (Å²) in [4.78, 5) is 20.7. The summed E-state index contributed by atoms with van der Waals surface area (Å²) >= 11 is 0. The predicted octanol–water partition coefficient (Wildman–Crippen LogP) is 3.99. The van der Waals surface area contributed by atoms with Crippen LogP contribution in [0.4, 0.5) is 11.4 Å². The molecule has 0 aliphatic rings. The Kier molecular flexibility index (Phi) is 5.09. The molecule has 0 fully saturated rings. The quantitative estimate of drug-likeness (QED) is 0.709. The SMILES string of the molecule is CN(Cc1ccccc1)c1cncc(C(=O)N(C)c2ccccc2)c1. The Labute approximate surface area is 148 Å². The Morgan fingerprint density at radius 3 is 2.20 bits per heavy atom. The number of aromatic nitrogens is 1. The highest BCUT2D eigenvalue weighted by molar-refractivity contribution is 6.06. The number of carbonyl (C=O) groups is 1. The molecule has 0 N–H and O–H groups in total. The van der Waals surface area contributed by atoms with Gasteiger partial charge in [0.15, 0.2) is 0 Å². The van der Waals surface area contributed by atoms with Crippen LogP contribution in [0.25, 0.3) is 0 Å². The first-order valence-electron chi connectivity index (χ1n) is 8.18. The fraction of sp³-hybridized carbons (Fsp3) is 0.143. The second-order valence-electron chi connectivity index (χ2n) is 5.97. The van der Waals surface area contributed by atoms with Gasteiger partial charge in [-0.15, -0.1) is 0 Å². The molecule has 0 spiro atoms. The maximum atomic E-state index is 12.7. The molecular formula is C21H21N3O. The van der Waals surface area contributed by atoms with Crippen LogP contribution in [0, 0.1) is 0 Å². The summed E-state index contributed by atoms with van der Waals surface area (Å²) in [6, 6.07) is 21.7. The van der Waals surface area contributed by atoms with Crippen molar-refractivity contribution in [3.05, 3.63) is 90.3 Å². The first kappa shape index (κ1) is 16.7. The third kappa shape index (κ3) is 4.04. The highest BCUT2D eigenvalue weighted by Gasteiger charge is 2.15. The number of para-hydroxylation sites is 1. The van der Waals surface area contributed by atoms with Crippen molar-refractivity contribution in [2.45, 2.75) is 6.54 Å². The van der Waals surface area contributed by atoms with Gasteiger partial charge in [0.1, 0.15) is 0 Å². The van der Waals surface area contributed by atoms with Crippen LogP contribution in [-0.4, -0.2) is 25.0 Å². The summed E-state index contributed by atoms with van der Waals surface area (Å²) in [5.41, 5.74) is 3.55. The third-order valence-electron chi connectivity index (χ3n) is 4.12. The van der Waals surface area contributed by atoms with Crippen molar-refractivity contribution in [2.24, 2.45) is 0 Å². The summed E-state index contributed by atoms with van der Waals surface area (Å²) in [5.74, 6) is -0.0753. The number of carbonyl (C=O) groups excluding carboxylic acids is 1. The van der Waals surface area contributed by atoms with Gasteiger partial charge in [-0.05, 0) is 23.8 Å². The lowest BCUT2D eigenvalue weighted by atomic mass is 10.2. The maximum absolute atomic E-state index is 12.7. The van der Waals surface area contributed by atoms with Crippen LogP contribution >= 0.6 is 0 Å². The van der Waals surface area contributed by atoms with Gasteiger partial charge in [0.05, 0.1) is 17.4 Å². The summed E-state index contributed by atoms with van der Waals surface area (Å²) < 4.78 is 0. The van der Waals surface area contributed by atoms with E-state index in [0.29, 0.717) is 5.56 Å². The number of benzene rings is 2. The van der Waals surface area contributed by atoms with E-state index in [4.69, 9.17) is 0 Å². The topological polar surface area (TPSA) is 36.4 Å². The lowest BCUT2D eigenvalue weighted by Gasteiger charge is -2.21. The molecule has 0 saturated carbocycles. The van der Waals surface area contributed by atoms with Gasteiger partial charge >= 0.3 is 0 Å². The van der Waals surface area contributed by atoms with Gasteiger partial charge in [0.2, 0.25) is 0 Å². The zero-order valence-corrected chi connectivity index (χ0v) is 14.5. The average Bonchev–Trinajstić information content (AvgIpc) is 2.68. The standard InChI is InChI=1S/C21H21N3O/c1-23(16-17-9-5-3-6-10-17)20-13-18(14-22-15-20)21(25)24(2)19-11-7-4-8-12-19/h3-15H,16H2,1-2H3. The van der Waals surface area contributed by atoms with Gasteiger partial charge in [-0.3, -0.25) is 9.78 Å². The molecule has 0 radical (unpaired) electrons. The monoisotopic (exact) mass is 331 g/mol. The molecule has 4 nitrogen and oxygen atoms in total. The smallest absolute Gasteiger partial charge is 0.259 e. The molecule has 0 aliphatic heterocycles. The second-order valence-corrected chi connectivity index (χ2v) is 5.97. The van der Waals surface area contributed by atoms with E-state index in [0.717, 1.165) is 17.9 Å². The van der Waals surface area contributed by atoms with Gasteiger partial charge in [-0.2, -0.15) is 0 Å². The van der Waals surface area contributed by atoms with E-state index in [2.05, 4.69) is 22.0 Å². The molecule has 0 aliphatic carbocycles. The molecule has 3 rings (SSSR count). The van der Waals surface area contributed by atoms with E-state index >= 15 is 0 Å². The van der Waals surface area contributed by atoms with Crippen LogP contribution in [-0.2, 0) is 6.54 Å². The fourth-order valence-electron chi connectivity index (χ4n) is 2.66. The normalized spacial score (nSPS) is 10.3. The summed E-state index contributed by atoms with van der Waals surface area (Å²) in [7, 11) is 3.78. The minimum atomic E-state index is -0.0753. The minimum Gasteiger partial charge on any atom is -0.369 e. The Balaban J connectivity index is 1.78. The minimum absolute atomic E-state index is 0.0753. The molecule has 3 aromatic rings. The molecule has 1 aromatic heterocycles. The number of nitrogens with zero attached hydrogens (tertiary/aromatic N) is 3. The first-order chi connectivity index (χ1) is 12.1. The van der Waals surface area contributed by atoms with Crippen LogP contribution < -0.4 is 9.80 Å². The van der Waals surface area contributed by atoms with Crippen LogP contribution in [0.5, 0.6) is 0 Å². The molecule has 25 heavy (non-hydrogen) atoms. The van der Waals surface area contributed by atoms with Crippen molar-refractivity contribution in [1.29, 1.82) is 0 Å². The molecule has 1 heterocycles. The summed E-state index contributed by atoms with van der Waals surface area (Å²) in [6.45, 7) is 0.759. The molecule has 126 valence electrons. The maximum Gasteiger partial charge on any atom is 0.259 e. The van der Waals surface area contributed by atoms with Crippen molar-refractivity contribution in [1.82, 2.24) is 4.98 Å². The van der Waals surface area contributed by atoms with Crippen LogP contribution in [0.1, 0.15) is 15.9 Å². The van der Waals surface area contributed by atoms with E-state index in [1.165, 1.54) is 5.56 Å². The van der Waals surface area contributed by atoms with Gasteiger partial charge in [0.25, 0.3) is 5.91 Å². The summed E-state index contributed by atoms with van der Waals surface area (Å²) in [5, 5.41) is 0. The van der Waals surface area contributed by atoms with Crippen LogP contribution in [0.15, 0.2) is 79.1 Å². The van der Waals surface area contributed by atoms with Gasteiger partial charge in [-0.25, -0.2) is 0 Å². The fourth-order valence-corrected chi connectivity index (χ4v) is 2.66. The second kappa shape index (κ2) is 7.62. The number of amides is 1. The van der Waals surface area contributed by atoms with Crippen LogP contribution in [0.3, 0.4) is 0 Å². The van der Waals surface area contributed by atoms with Crippen molar-refractivity contribution < 1.29 is 4.79 Å². The van der Waals surface area contributed by atoms with Crippen molar-refractivity contribution >= 4 is 17.3 Å². The van der Waals surface area contributed by atoms with Crippen molar-refractivity contribution in [2.75, 3.05) is 23.9 Å². The summed E-state index contributed by atoms with van der Waals surface area (Å²) in [6.07, 6.45) is 3.39. The molecule has 1 amide bonds. The first-order valence-corrected chi connectivity index (χ1v) is 8.18. The lowest BCUT2D eigenvalue weighted by Crippen LogP contribution is -2.26. The van der Waals surface area contributed by atoms with Gasteiger partial charge in [0, 0.05) is 32.5 Å². The zero-order valence-electron chi connectivity index (χ0n) is 14.5. The average molecular weight is 331 g/mol. The Morgan fingerprint density at radius 1 is 0.880 bits per heavy atom. The van der Waals surface area contributed by atoms with Crippen molar-refractivity contribution in [3.8, 4) is 0 Å². The number of anilines is 2. The van der Waals surface area contributed by atoms with Crippen molar-refractivity contribution in [3.63, 3.8) is 0 Å². The third-order valence-corrected chi connectivity index (χ3v) is 4.12. The molecule has 4 heteroatoms. The Bertz CT molecular complexity index is 834. The predicted molar refractivity (Wildman–Crippen MR) is 102 cm³/mol. The van der Waals surface area contributed by atoms with E-state index in [1.807, 2.05) is 61.6 Å². The Hall–Kier alpha value is -3.14. The Morgan fingerprint density at radius 2 is 1.52 bits per heavy atom. The van der Waals surface area contributed by atoms with Gasteiger partial charge in [-0.1, -0.05) is 48.5 Å².